The van der Waals surface area contributed by atoms with Gasteiger partial charge in [-0.1, -0.05) is 11.6 Å². The molecule has 0 aliphatic carbocycles. The third-order valence-corrected chi connectivity index (χ3v) is 7.72. The van der Waals surface area contributed by atoms with E-state index < -0.39 is 45.7 Å². The number of ether oxygens (including phenoxy) is 2. The summed E-state index contributed by atoms with van der Waals surface area (Å²) in [5.74, 6) is -2.71. The molecule has 0 radical (unpaired) electrons. The molecule has 1 saturated heterocycles. The number of halogens is 5. The van der Waals surface area contributed by atoms with Crippen molar-refractivity contribution in [2.45, 2.75) is 38.4 Å². The lowest BCUT2D eigenvalue weighted by Crippen LogP contribution is -2.51. The van der Waals surface area contributed by atoms with Crippen molar-refractivity contribution in [2.24, 2.45) is 0 Å². The second-order valence-electron chi connectivity index (χ2n) is 8.86. The summed E-state index contributed by atoms with van der Waals surface area (Å²) in [6.07, 6.45) is -3.11. The van der Waals surface area contributed by atoms with E-state index in [2.05, 4.69) is 15.3 Å². The van der Waals surface area contributed by atoms with Crippen LogP contribution in [-0.2, 0) is 9.84 Å². The zero-order valence-corrected chi connectivity index (χ0v) is 21.1. The number of nitrogens with one attached hydrogen (secondary N) is 1. The Balaban J connectivity index is 1.61. The summed E-state index contributed by atoms with van der Waals surface area (Å²) in [5.41, 5.74) is -1.15. The van der Waals surface area contributed by atoms with E-state index in [1.807, 2.05) is 0 Å². The standard InChI is InChI=1S/C22H21ClF4N4O5S/c1-12-14(36-20-15(9-13(23)10-28-20)35-11-22(25,26)27)3-4-16-29-17(18(24)31(12)16)19(32)30-21(2)5-7-37(33,34)8-6-21/h3-4,9-10H,5-8,11H2,1-2H3,(H,30,32). The summed E-state index contributed by atoms with van der Waals surface area (Å²) >= 11 is 5.82. The molecule has 4 rings (SSSR count). The fourth-order valence-corrected chi connectivity index (χ4v) is 5.66. The Labute approximate surface area is 213 Å². The van der Waals surface area contributed by atoms with Crippen molar-refractivity contribution < 1.29 is 40.2 Å². The number of aromatic nitrogens is 3. The Kier molecular flexibility index (Phi) is 7.01. The van der Waals surface area contributed by atoms with Gasteiger partial charge in [0.15, 0.2) is 18.1 Å². The number of carbonyl (C=O) groups excluding carboxylic acids is 1. The minimum atomic E-state index is -4.62. The number of hydrogen-bond donors (Lipinski definition) is 1. The highest BCUT2D eigenvalue weighted by atomic mass is 35.5. The third kappa shape index (κ3) is 6.06. The number of aryl methyl sites for hydroxylation is 1. The lowest BCUT2D eigenvalue weighted by Gasteiger charge is -2.34. The van der Waals surface area contributed by atoms with Gasteiger partial charge in [0, 0.05) is 17.8 Å². The lowest BCUT2D eigenvalue weighted by molar-refractivity contribution is -0.153. The van der Waals surface area contributed by atoms with Gasteiger partial charge in [0.2, 0.25) is 5.95 Å². The first-order valence-corrected chi connectivity index (χ1v) is 13.1. The van der Waals surface area contributed by atoms with E-state index in [-0.39, 0.29) is 58.1 Å². The van der Waals surface area contributed by atoms with Crippen LogP contribution in [0.4, 0.5) is 17.6 Å². The van der Waals surface area contributed by atoms with E-state index in [0.29, 0.717) is 0 Å². The van der Waals surface area contributed by atoms with Gasteiger partial charge in [-0.2, -0.15) is 17.6 Å². The van der Waals surface area contributed by atoms with Gasteiger partial charge < -0.3 is 14.8 Å². The molecule has 0 unspecified atom stereocenters. The van der Waals surface area contributed by atoms with Crippen LogP contribution in [0.1, 0.15) is 35.9 Å². The minimum absolute atomic E-state index is 0.00638. The topological polar surface area (TPSA) is 112 Å². The van der Waals surface area contributed by atoms with E-state index in [0.717, 1.165) is 16.7 Å². The summed E-state index contributed by atoms with van der Waals surface area (Å²) < 4.78 is 88.0. The van der Waals surface area contributed by atoms with Crippen molar-refractivity contribution in [1.82, 2.24) is 19.7 Å². The van der Waals surface area contributed by atoms with Crippen molar-refractivity contribution in [3.05, 3.63) is 46.8 Å². The molecule has 4 heterocycles. The Morgan fingerprint density at radius 3 is 2.57 bits per heavy atom. The maximum absolute atomic E-state index is 15.4. The zero-order chi connectivity index (χ0) is 27.2. The van der Waals surface area contributed by atoms with Gasteiger partial charge in [0.1, 0.15) is 21.2 Å². The average Bonchev–Trinajstić information content (AvgIpc) is 3.14. The molecule has 0 aromatic carbocycles. The van der Waals surface area contributed by atoms with Gasteiger partial charge in [0.25, 0.3) is 11.8 Å². The van der Waals surface area contributed by atoms with Gasteiger partial charge >= 0.3 is 6.18 Å². The number of fused-ring (bicyclic) bond motifs is 1. The van der Waals surface area contributed by atoms with E-state index in [1.165, 1.54) is 19.1 Å². The van der Waals surface area contributed by atoms with Crippen molar-refractivity contribution in [1.29, 1.82) is 0 Å². The van der Waals surface area contributed by atoms with Crippen LogP contribution < -0.4 is 14.8 Å². The first-order valence-electron chi connectivity index (χ1n) is 10.9. The van der Waals surface area contributed by atoms with Crippen molar-refractivity contribution in [3.63, 3.8) is 0 Å². The van der Waals surface area contributed by atoms with E-state index >= 15 is 4.39 Å². The van der Waals surface area contributed by atoms with E-state index in [1.54, 1.807) is 6.92 Å². The predicted octanol–water partition coefficient (Wildman–Crippen LogP) is 4.26. The maximum atomic E-state index is 15.4. The number of imidazole rings is 1. The van der Waals surface area contributed by atoms with Crippen LogP contribution in [0.5, 0.6) is 17.4 Å². The van der Waals surface area contributed by atoms with Crippen LogP contribution in [0.15, 0.2) is 24.4 Å². The molecule has 37 heavy (non-hydrogen) atoms. The highest BCUT2D eigenvalue weighted by Gasteiger charge is 2.36. The van der Waals surface area contributed by atoms with Crippen LogP contribution in [0.25, 0.3) is 5.65 Å². The molecule has 200 valence electrons. The molecule has 3 aromatic rings. The Bertz CT molecular complexity index is 1460. The van der Waals surface area contributed by atoms with Crippen LogP contribution in [0.2, 0.25) is 5.02 Å². The molecule has 9 nitrogen and oxygen atoms in total. The zero-order valence-electron chi connectivity index (χ0n) is 19.5. The monoisotopic (exact) mass is 564 g/mol. The maximum Gasteiger partial charge on any atom is 0.422 e. The lowest BCUT2D eigenvalue weighted by atomic mass is 9.95. The van der Waals surface area contributed by atoms with Crippen LogP contribution in [0.3, 0.4) is 0 Å². The van der Waals surface area contributed by atoms with Crippen LogP contribution >= 0.6 is 11.6 Å². The first kappa shape index (κ1) is 26.9. The van der Waals surface area contributed by atoms with Crippen molar-refractivity contribution >= 4 is 33.0 Å². The Morgan fingerprint density at radius 2 is 1.92 bits per heavy atom. The smallest absolute Gasteiger partial charge is 0.422 e. The molecule has 0 spiro atoms. The van der Waals surface area contributed by atoms with Gasteiger partial charge in [0.05, 0.1) is 22.2 Å². The molecule has 3 aromatic heterocycles. The fourth-order valence-electron chi connectivity index (χ4n) is 3.78. The highest BCUT2D eigenvalue weighted by Crippen LogP contribution is 2.35. The molecule has 0 saturated carbocycles. The molecule has 1 aliphatic rings. The summed E-state index contributed by atoms with van der Waals surface area (Å²) in [4.78, 5) is 20.8. The number of carbonyl (C=O) groups is 1. The van der Waals surface area contributed by atoms with Crippen LogP contribution in [0, 0.1) is 12.9 Å². The molecular weight excluding hydrogens is 544 g/mol. The normalized spacial score (nSPS) is 16.9. The number of hydrogen-bond acceptors (Lipinski definition) is 7. The van der Waals surface area contributed by atoms with Gasteiger partial charge in [-0.3, -0.25) is 9.20 Å². The molecule has 0 atom stereocenters. The third-order valence-electron chi connectivity index (χ3n) is 5.87. The molecule has 1 aliphatic heterocycles. The molecule has 1 fully saturated rings. The molecule has 1 N–H and O–H groups in total. The summed E-state index contributed by atoms with van der Waals surface area (Å²) in [5, 5.41) is 2.69. The largest absolute Gasteiger partial charge is 0.478 e. The summed E-state index contributed by atoms with van der Waals surface area (Å²) in [6.45, 7) is 1.53. The number of sulfone groups is 1. The number of nitrogens with zero attached hydrogens (tertiary/aromatic N) is 3. The summed E-state index contributed by atoms with van der Waals surface area (Å²) in [7, 11) is -3.17. The number of amides is 1. The van der Waals surface area contributed by atoms with Crippen LogP contribution in [-0.4, -0.2) is 58.5 Å². The van der Waals surface area contributed by atoms with E-state index in [4.69, 9.17) is 21.1 Å². The quantitative estimate of drug-likeness (QED) is 0.445. The molecular formula is C22H21ClF4N4O5S. The van der Waals surface area contributed by atoms with E-state index in [9.17, 15) is 26.4 Å². The SMILES string of the molecule is Cc1c(Oc2ncc(Cl)cc2OCC(F)(F)F)ccc2nc(C(=O)NC3(C)CCS(=O)(=O)CC3)c(F)n12. The van der Waals surface area contributed by atoms with Gasteiger partial charge in [-0.25, -0.2) is 18.4 Å². The second kappa shape index (κ2) is 9.63. The number of pyridine rings is 2. The van der Waals surface area contributed by atoms with Gasteiger partial charge in [-0.05, 0) is 38.8 Å². The predicted molar refractivity (Wildman–Crippen MR) is 125 cm³/mol. The molecule has 0 bridgehead atoms. The van der Waals surface area contributed by atoms with Crippen molar-refractivity contribution in [2.75, 3.05) is 18.1 Å². The molecule has 15 heteroatoms. The minimum Gasteiger partial charge on any atom is -0.478 e. The first-order chi connectivity index (χ1) is 17.2. The highest BCUT2D eigenvalue weighted by molar-refractivity contribution is 7.91. The second-order valence-corrected chi connectivity index (χ2v) is 11.6. The fraction of sp³-hybridized carbons (Fsp3) is 0.409. The Hall–Kier alpha value is -3.13. The average molecular weight is 565 g/mol. The molecule has 1 amide bonds. The Morgan fingerprint density at radius 1 is 1.24 bits per heavy atom. The van der Waals surface area contributed by atoms with Crippen molar-refractivity contribution in [3.8, 4) is 17.4 Å². The number of alkyl halides is 3. The number of rotatable bonds is 6. The van der Waals surface area contributed by atoms with Gasteiger partial charge in [-0.15, -0.1) is 0 Å². The summed E-state index contributed by atoms with van der Waals surface area (Å²) in [6, 6.07) is 3.83.